The van der Waals surface area contributed by atoms with Gasteiger partial charge in [0.1, 0.15) is 5.82 Å². The average Bonchev–Trinajstić information content (AvgIpc) is 3.58. The van der Waals surface area contributed by atoms with Gasteiger partial charge in [0.25, 0.3) is 0 Å². The first-order valence-corrected chi connectivity index (χ1v) is 13.6. The SMILES string of the molecule is CCN1CCc2c(c(CN(CC3CC3)S(=O)(=O)Cc3ccccc3)nn2-c2cccc(F)c2)C1. The summed E-state index contributed by atoms with van der Waals surface area (Å²) in [6.45, 7) is 5.45. The van der Waals surface area contributed by atoms with Crippen LogP contribution < -0.4 is 0 Å². The predicted octanol–water partition coefficient (Wildman–Crippen LogP) is 4.13. The Morgan fingerprint density at radius 1 is 1.12 bits per heavy atom. The van der Waals surface area contributed by atoms with E-state index in [2.05, 4.69) is 11.8 Å². The minimum Gasteiger partial charge on any atom is -0.299 e. The van der Waals surface area contributed by atoms with Crippen molar-refractivity contribution in [3.63, 3.8) is 0 Å². The van der Waals surface area contributed by atoms with Gasteiger partial charge in [0.15, 0.2) is 0 Å². The Morgan fingerprint density at radius 2 is 1.91 bits per heavy atom. The Morgan fingerprint density at radius 3 is 2.62 bits per heavy atom. The van der Waals surface area contributed by atoms with Crippen molar-refractivity contribution in [2.24, 2.45) is 5.92 Å². The van der Waals surface area contributed by atoms with Gasteiger partial charge in [-0.1, -0.05) is 43.3 Å². The number of halogens is 1. The molecule has 0 atom stereocenters. The van der Waals surface area contributed by atoms with Gasteiger partial charge < -0.3 is 0 Å². The zero-order valence-electron chi connectivity index (χ0n) is 19.5. The summed E-state index contributed by atoms with van der Waals surface area (Å²) in [5, 5.41) is 4.88. The van der Waals surface area contributed by atoms with E-state index in [1.807, 2.05) is 41.1 Å². The fourth-order valence-corrected chi connectivity index (χ4v) is 6.22. The van der Waals surface area contributed by atoms with E-state index in [-0.39, 0.29) is 18.1 Å². The molecule has 8 heteroatoms. The number of likely N-dealkylation sites (N-methyl/N-ethyl adjacent to an activating group) is 1. The molecular formula is C26H31FN4O2S. The molecule has 0 saturated heterocycles. The monoisotopic (exact) mass is 482 g/mol. The van der Waals surface area contributed by atoms with Crippen molar-refractivity contribution in [2.75, 3.05) is 19.6 Å². The highest BCUT2D eigenvalue weighted by molar-refractivity contribution is 7.88. The number of nitrogens with zero attached hydrogens (tertiary/aromatic N) is 4. The van der Waals surface area contributed by atoms with E-state index in [0.29, 0.717) is 18.2 Å². The number of hydrogen-bond acceptors (Lipinski definition) is 4. The number of hydrogen-bond donors (Lipinski definition) is 0. The van der Waals surface area contributed by atoms with Crippen molar-refractivity contribution in [1.29, 1.82) is 0 Å². The predicted molar refractivity (Wildman–Crippen MR) is 130 cm³/mol. The maximum atomic E-state index is 14.0. The van der Waals surface area contributed by atoms with Crippen molar-refractivity contribution in [3.05, 3.63) is 82.9 Å². The van der Waals surface area contributed by atoms with Crippen molar-refractivity contribution in [2.45, 2.75) is 45.0 Å². The molecule has 1 aliphatic heterocycles. The van der Waals surface area contributed by atoms with E-state index >= 15 is 0 Å². The fourth-order valence-electron chi connectivity index (χ4n) is 4.67. The average molecular weight is 483 g/mol. The Balaban J connectivity index is 1.50. The molecule has 0 bridgehead atoms. The molecule has 180 valence electrons. The Labute approximate surface area is 201 Å². The normalized spacial score (nSPS) is 16.7. The smallest absolute Gasteiger partial charge is 0.218 e. The van der Waals surface area contributed by atoms with E-state index in [0.717, 1.165) is 61.4 Å². The highest BCUT2D eigenvalue weighted by atomic mass is 32.2. The Kier molecular flexibility index (Phi) is 6.55. The van der Waals surface area contributed by atoms with Gasteiger partial charge in [0.05, 0.1) is 29.4 Å². The van der Waals surface area contributed by atoms with Crippen LogP contribution in [0.2, 0.25) is 0 Å². The largest absolute Gasteiger partial charge is 0.299 e. The van der Waals surface area contributed by atoms with Crippen LogP contribution in [-0.4, -0.2) is 47.0 Å². The lowest BCUT2D eigenvalue weighted by atomic mass is 10.0. The molecule has 0 radical (unpaired) electrons. The van der Waals surface area contributed by atoms with Crippen LogP contribution in [0.25, 0.3) is 5.69 Å². The maximum absolute atomic E-state index is 14.0. The van der Waals surface area contributed by atoms with Gasteiger partial charge in [-0.05, 0) is 49.1 Å². The molecule has 6 nitrogen and oxygen atoms in total. The molecule has 2 aliphatic rings. The fraction of sp³-hybridized carbons (Fsp3) is 0.423. The topological polar surface area (TPSA) is 58.4 Å². The molecule has 5 rings (SSSR count). The quantitative estimate of drug-likeness (QED) is 0.460. The van der Waals surface area contributed by atoms with Crippen LogP contribution in [0.5, 0.6) is 0 Å². The maximum Gasteiger partial charge on any atom is 0.218 e. The van der Waals surface area contributed by atoms with Gasteiger partial charge in [-0.3, -0.25) is 4.90 Å². The van der Waals surface area contributed by atoms with Crippen LogP contribution in [-0.2, 0) is 35.3 Å². The van der Waals surface area contributed by atoms with Crippen molar-refractivity contribution in [1.82, 2.24) is 19.0 Å². The van der Waals surface area contributed by atoms with Gasteiger partial charge in [-0.2, -0.15) is 9.40 Å². The highest BCUT2D eigenvalue weighted by Crippen LogP contribution is 2.33. The third-order valence-electron chi connectivity index (χ3n) is 6.79. The van der Waals surface area contributed by atoms with Crippen molar-refractivity contribution < 1.29 is 12.8 Å². The molecule has 1 aromatic heterocycles. The Bertz CT molecular complexity index is 1260. The van der Waals surface area contributed by atoms with Crippen LogP contribution >= 0.6 is 0 Å². The van der Waals surface area contributed by atoms with E-state index < -0.39 is 10.0 Å². The number of rotatable bonds is 9. The first kappa shape index (κ1) is 23.2. The number of fused-ring (bicyclic) bond motifs is 1. The summed E-state index contributed by atoms with van der Waals surface area (Å²) >= 11 is 0. The molecule has 2 aromatic carbocycles. The number of sulfonamides is 1. The standard InChI is InChI=1S/C26H31FN4O2S/c1-2-29-14-13-26-24(17-29)25(28-31(26)23-10-6-9-22(27)15-23)18-30(16-20-11-12-20)34(32,33)19-21-7-4-3-5-8-21/h3-10,15,20H,2,11-14,16-19H2,1H3. The summed E-state index contributed by atoms with van der Waals surface area (Å²) in [6, 6.07) is 15.8. The highest BCUT2D eigenvalue weighted by Gasteiger charge is 2.33. The zero-order chi connectivity index (χ0) is 23.7. The molecule has 0 unspecified atom stereocenters. The van der Waals surface area contributed by atoms with Crippen LogP contribution in [0.3, 0.4) is 0 Å². The summed E-state index contributed by atoms with van der Waals surface area (Å²) in [7, 11) is -3.53. The molecule has 1 saturated carbocycles. The molecule has 0 spiro atoms. The lowest BCUT2D eigenvalue weighted by Crippen LogP contribution is -2.35. The minimum absolute atomic E-state index is 0.0194. The van der Waals surface area contributed by atoms with Crippen LogP contribution in [0.1, 0.15) is 42.3 Å². The molecule has 0 amide bonds. The van der Waals surface area contributed by atoms with Crippen molar-refractivity contribution in [3.8, 4) is 5.69 Å². The zero-order valence-corrected chi connectivity index (χ0v) is 20.3. The molecule has 1 aliphatic carbocycles. The first-order chi connectivity index (χ1) is 16.4. The molecule has 34 heavy (non-hydrogen) atoms. The van der Waals surface area contributed by atoms with Crippen molar-refractivity contribution >= 4 is 10.0 Å². The molecule has 3 aromatic rings. The third-order valence-corrected chi connectivity index (χ3v) is 8.55. The minimum atomic E-state index is -3.53. The number of benzene rings is 2. The third kappa shape index (κ3) is 5.09. The van der Waals surface area contributed by atoms with Crippen LogP contribution in [0.15, 0.2) is 54.6 Å². The van der Waals surface area contributed by atoms with Gasteiger partial charge in [-0.25, -0.2) is 17.5 Å². The Hall–Kier alpha value is -2.55. The second kappa shape index (κ2) is 9.60. The lowest BCUT2D eigenvalue weighted by Gasteiger charge is -2.27. The van der Waals surface area contributed by atoms with E-state index in [4.69, 9.17) is 5.10 Å². The van der Waals surface area contributed by atoms with Gasteiger partial charge in [0, 0.05) is 31.6 Å². The summed E-state index contributed by atoms with van der Waals surface area (Å²) in [5.74, 6) is 0.0861. The first-order valence-electron chi connectivity index (χ1n) is 12.0. The molecule has 1 fully saturated rings. The second-order valence-electron chi connectivity index (χ2n) is 9.36. The van der Waals surface area contributed by atoms with Crippen LogP contribution in [0, 0.1) is 11.7 Å². The number of aromatic nitrogens is 2. The summed E-state index contributed by atoms with van der Waals surface area (Å²) < 4.78 is 44.5. The molecule has 0 N–H and O–H groups in total. The van der Waals surface area contributed by atoms with E-state index in [1.165, 1.54) is 12.1 Å². The van der Waals surface area contributed by atoms with Crippen LogP contribution in [0.4, 0.5) is 4.39 Å². The van der Waals surface area contributed by atoms with Gasteiger partial charge >= 0.3 is 0 Å². The summed E-state index contributed by atoms with van der Waals surface area (Å²) in [4.78, 5) is 2.34. The van der Waals surface area contributed by atoms with E-state index in [1.54, 1.807) is 10.4 Å². The van der Waals surface area contributed by atoms with Gasteiger partial charge in [0.2, 0.25) is 10.0 Å². The van der Waals surface area contributed by atoms with E-state index in [9.17, 15) is 12.8 Å². The molecular weight excluding hydrogens is 451 g/mol. The molecule has 2 heterocycles. The van der Waals surface area contributed by atoms with Gasteiger partial charge in [-0.15, -0.1) is 0 Å². The second-order valence-corrected chi connectivity index (χ2v) is 11.3. The summed E-state index contributed by atoms with van der Waals surface area (Å²) in [5.41, 5.74) is 4.36. The summed E-state index contributed by atoms with van der Waals surface area (Å²) in [6.07, 6.45) is 2.93. The lowest BCUT2D eigenvalue weighted by molar-refractivity contribution is 0.264.